The molecule has 3 rings (SSSR count). The molecule has 0 spiro atoms. The Morgan fingerprint density at radius 1 is 1.17 bits per heavy atom. The molecule has 1 amide bonds. The van der Waals surface area contributed by atoms with E-state index in [0.29, 0.717) is 19.0 Å². The average molecular weight is 331 g/mol. The van der Waals surface area contributed by atoms with Gasteiger partial charge in [0.1, 0.15) is 0 Å². The van der Waals surface area contributed by atoms with Crippen molar-refractivity contribution in [1.29, 1.82) is 0 Å². The molecule has 3 N–H and O–H groups in total. The second-order valence-corrected chi connectivity index (χ2v) is 6.96. The van der Waals surface area contributed by atoms with E-state index in [1.54, 1.807) is 0 Å². The average Bonchev–Trinajstić information content (AvgIpc) is 3.10. The molecule has 1 aliphatic heterocycles. The van der Waals surface area contributed by atoms with Crippen LogP contribution >= 0.6 is 0 Å². The molecule has 1 heterocycles. The Kier molecular flexibility index (Phi) is 6.24. The second-order valence-electron chi connectivity index (χ2n) is 6.96. The lowest BCUT2D eigenvalue weighted by molar-refractivity contribution is -0.126. The first-order valence-corrected chi connectivity index (χ1v) is 9.12. The van der Waals surface area contributed by atoms with Gasteiger partial charge in [-0.3, -0.25) is 9.69 Å². The second kappa shape index (κ2) is 8.60. The molecule has 0 bridgehead atoms. The third-order valence-corrected chi connectivity index (χ3v) is 5.30. The van der Waals surface area contributed by atoms with E-state index in [2.05, 4.69) is 34.5 Å². The molecule has 1 saturated heterocycles. The molecule has 1 aliphatic carbocycles. The van der Waals surface area contributed by atoms with Gasteiger partial charge in [-0.1, -0.05) is 30.7 Å². The van der Waals surface area contributed by atoms with Crippen LogP contribution in [-0.4, -0.2) is 43.7 Å². The summed E-state index contributed by atoms with van der Waals surface area (Å²) < 4.78 is 5.38. The first kappa shape index (κ1) is 17.4. The zero-order valence-corrected chi connectivity index (χ0v) is 14.4. The lowest BCUT2D eigenvalue weighted by Gasteiger charge is -2.26. The molecular formula is C19H29N3O2. The van der Waals surface area contributed by atoms with Gasteiger partial charge in [-0.2, -0.15) is 0 Å². The highest BCUT2D eigenvalue weighted by Crippen LogP contribution is 2.30. The van der Waals surface area contributed by atoms with E-state index in [1.165, 1.54) is 5.56 Å². The van der Waals surface area contributed by atoms with Gasteiger partial charge in [-0.25, -0.2) is 0 Å². The third-order valence-electron chi connectivity index (χ3n) is 5.30. The Balaban J connectivity index is 1.46. The number of carbonyl (C=O) groups is 1. The summed E-state index contributed by atoms with van der Waals surface area (Å²) in [5, 5.41) is 3.08. The van der Waals surface area contributed by atoms with Gasteiger partial charge in [0.15, 0.2) is 0 Å². The van der Waals surface area contributed by atoms with Crippen LogP contribution in [0.5, 0.6) is 0 Å². The number of carbonyl (C=O) groups excluding carboxylic acids is 1. The molecule has 5 heteroatoms. The zero-order valence-electron chi connectivity index (χ0n) is 14.4. The smallest absolute Gasteiger partial charge is 0.223 e. The summed E-state index contributed by atoms with van der Waals surface area (Å²) in [6.45, 7) is 5.85. The molecule has 0 radical (unpaired) electrons. The van der Waals surface area contributed by atoms with Crippen LogP contribution in [-0.2, 0) is 22.6 Å². The van der Waals surface area contributed by atoms with Crippen LogP contribution < -0.4 is 11.1 Å². The maximum atomic E-state index is 12.3. The first-order valence-electron chi connectivity index (χ1n) is 9.12. The van der Waals surface area contributed by atoms with Crippen LogP contribution in [0.15, 0.2) is 24.3 Å². The maximum Gasteiger partial charge on any atom is 0.223 e. The van der Waals surface area contributed by atoms with Gasteiger partial charge in [-0.05, 0) is 36.4 Å². The van der Waals surface area contributed by atoms with E-state index < -0.39 is 0 Å². The van der Waals surface area contributed by atoms with Gasteiger partial charge in [0.25, 0.3) is 0 Å². The molecule has 2 fully saturated rings. The van der Waals surface area contributed by atoms with E-state index in [0.717, 1.165) is 57.7 Å². The fourth-order valence-electron chi connectivity index (χ4n) is 3.76. The number of nitrogens with one attached hydrogen (secondary N) is 1. The third kappa shape index (κ3) is 4.56. The largest absolute Gasteiger partial charge is 0.379 e. The normalized spacial score (nSPS) is 24.9. The number of rotatable bonds is 6. The Morgan fingerprint density at radius 2 is 1.88 bits per heavy atom. The topological polar surface area (TPSA) is 67.6 Å². The van der Waals surface area contributed by atoms with Crippen molar-refractivity contribution in [3.05, 3.63) is 35.4 Å². The number of nitrogens with zero attached hydrogens (tertiary/aromatic N) is 1. The molecule has 1 aromatic rings. The number of hydrogen-bond acceptors (Lipinski definition) is 4. The van der Waals surface area contributed by atoms with Crippen molar-refractivity contribution in [2.24, 2.45) is 17.6 Å². The number of nitrogens with two attached hydrogens (primary N) is 1. The van der Waals surface area contributed by atoms with Crippen LogP contribution in [0.3, 0.4) is 0 Å². The fraction of sp³-hybridized carbons (Fsp3) is 0.632. The van der Waals surface area contributed by atoms with E-state index in [-0.39, 0.29) is 11.8 Å². The molecule has 1 aromatic carbocycles. The number of morpholine rings is 1. The van der Waals surface area contributed by atoms with Crippen molar-refractivity contribution in [1.82, 2.24) is 10.2 Å². The van der Waals surface area contributed by atoms with Crippen molar-refractivity contribution >= 4 is 5.91 Å². The van der Waals surface area contributed by atoms with Gasteiger partial charge in [0, 0.05) is 32.1 Å². The number of amides is 1. The van der Waals surface area contributed by atoms with Crippen LogP contribution in [0.1, 0.15) is 30.4 Å². The van der Waals surface area contributed by atoms with Gasteiger partial charge in [0.2, 0.25) is 5.91 Å². The van der Waals surface area contributed by atoms with Crippen molar-refractivity contribution in [2.45, 2.75) is 32.4 Å². The molecule has 132 valence electrons. The van der Waals surface area contributed by atoms with Gasteiger partial charge in [0.05, 0.1) is 13.2 Å². The summed E-state index contributed by atoms with van der Waals surface area (Å²) in [5.41, 5.74) is 8.23. The molecule has 1 saturated carbocycles. The van der Waals surface area contributed by atoms with Crippen molar-refractivity contribution in [2.75, 3.05) is 32.8 Å². The summed E-state index contributed by atoms with van der Waals surface area (Å²) in [5.74, 6) is 0.636. The first-order chi connectivity index (χ1) is 11.8. The summed E-state index contributed by atoms with van der Waals surface area (Å²) in [4.78, 5) is 14.7. The molecule has 0 aromatic heterocycles. The quantitative estimate of drug-likeness (QED) is 0.829. The summed E-state index contributed by atoms with van der Waals surface area (Å²) in [6.07, 6.45) is 3.19. The van der Waals surface area contributed by atoms with Gasteiger partial charge < -0.3 is 15.8 Å². The van der Waals surface area contributed by atoms with Gasteiger partial charge >= 0.3 is 0 Å². The monoisotopic (exact) mass is 331 g/mol. The van der Waals surface area contributed by atoms with Crippen molar-refractivity contribution in [3.8, 4) is 0 Å². The molecular weight excluding hydrogens is 302 g/mol. The van der Waals surface area contributed by atoms with Crippen molar-refractivity contribution in [3.63, 3.8) is 0 Å². The van der Waals surface area contributed by atoms with E-state index in [1.807, 2.05) is 0 Å². The van der Waals surface area contributed by atoms with Gasteiger partial charge in [-0.15, -0.1) is 0 Å². The van der Waals surface area contributed by atoms with E-state index in [4.69, 9.17) is 10.5 Å². The Morgan fingerprint density at radius 3 is 2.58 bits per heavy atom. The van der Waals surface area contributed by atoms with E-state index >= 15 is 0 Å². The lowest BCUT2D eigenvalue weighted by atomic mass is 9.95. The highest BCUT2D eigenvalue weighted by molar-refractivity contribution is 5.79. The summed E-state index contributed by atoms with van der Waals surface area (Å²) in [6, 6.07) is 8.56. The van der Waals surface area contributed by atoms with E-state index in [9.17, 15) is 4.79 Å². The number of hydrogen-bond donors (Lipinski definition) is 2. The Labute approximate surface area is 144 Å². The Bertz CT molecular complexity index is 526. The standard InChI is InChI=1S/C19H29N3O2/c20-12-17-2-1-3-18(17)19(23)21-13-15-4-6-16(7-5-15)14-22-8-10-24-11-9-22/h4-7,17-18H,1-3,8-14,20H2,(H,21,23)/t17-,18-/m1/s1. The summed E-state index contributed by atoms with van der Waals surface area (Å²) in [7, 11) is 0. The minimum atomic E-state index is 0.107. The highest BCUT2D eigenvalue weighted by Gasteiger charge is 2.31. The molecule has 24 heavy (non-hydrogen) atoms. The molecule has 2 atom stereocenters. The number of ether oxygens (including phenoxy) is 1. The highest BCUT2D eigenvalue weighted by atomic mass is 16.5. The molecule has 0 unspecified atom stereocenters. The predicted molar refractivity (Wildman–Crippen MR) is 94.3 cm³/mol. The fourth-order valence-corrected chi connectivity index (χ4v) is 3.76. The molecule has 2 aliphatic rings. The SMILES string of the molecule is NC[C@H]1CCC[C@H]1C(=O)NCc1ccc(CN2CCOCC2)cc1. The summed E-state index contributed by atoms with van der Waals surface area (Å²) >= 11 is 0. The Hall–Kier alpha value is -1.43. The maximum absolute atomic E-state index is 12.3. The number of benzene rings is 1. The van der Waals surface area contributed by atoms with Crippen molar-refractivity contribution < 1.29 is 9.53 Å². The lowest BCUT2D eigenvalue weighted by Crippen LogP contribution is -2.35. The zero-order chi connectivity index (χ0) is 16.8. The van der Waals surface area contributed by atoms with Crippen LogP contribution in [0.4, 0.5) is 0 Å². The van der Waals surface area contributed by atoms with Crippen LogP contribution in [0.2, 0.25) is 0 Å². The molecule has 5 nitrogen and oxygen atoms in total. The van der Waals surface area contributed by atoms with Crippen LogP contribution in [0.25, 0.3) is 0 Å². The predicted octanol–water partition coefficient (Wildman–Crippen LogP) is 1.51. The minimum absolute atomic E-state index is 0.107. The minimum Gasteiger partial charge on any atom is -0.379 e. The van der Waals surface area contributed by atoms with Crippen LogP contribution in [0, 0.1) is 11.8 Å².